The lowest BCUT2D eigenvalue weighted by molar-refractivity contribution is -0.125. The van der Waals surface area contributed by atoms with Crippen LogP contribution in [0.5, 0.6) is 0 Å². The van der Waals surface area contributed by atoms with Crippen LogP contribution in [-0.2, 0) is 9.59 Å². The Kier molecular flexibility index (Phi) is 5.14. The average Bonchev–Trinajstić information content (AvgIpc) is 2.41. The van der Waals surface area contributed by atoms with Gasteiger partial charge in [-0.2, -0.15) is 0 Å². The summed E-state index contributed by atoms with van der Waals surface area (Å²) < 4.78 is 0.849. The van der Waals surface area contributed by atoms with Gasteiger partial charge in [-0.1, -0.05) is 12.1 Å². The van der Waals surface area contributed by atoms with Crippen molar-refractivity contribution in [3.63, 3.8) is 0 Å². The molecule has 0 aliphatic carbocycles. The van der Waals surface area contributed by atoms with Crippen LogP contribution in [0, 0.1) is 5.92 Å². The number of piperidine rings is 1. The first-order chi connectivity index (χ1) is 9.56. The maximum Gasteiger partial charge on any atom is 0.238 e. The van der Waals surface area contributed by atoms with E-state index in [2.05, 4.69) is 21.2 Å². The molecule has 0 spiro atoms. The zero-order valence-corrected chi connectivity index (χ0v) is 12.7. The van der Waals surface area contributed by atoms with Crippen molar-refractivity contribution < 1.29 is 9.59 Å². The Hall–Kier alpha value is -1.40. The maximum absolute atomic E-state index is 12.0. The predicted molar refractivity (Wildman–Crippen MR) is 81.1 cm³/mol. The molecule has 0 bridgehead atoms. The van der Waals surface area contributed by atoms with Gasteiger partial charge < -0.3 is 11.1 Å². The number of carbonyl (C=O) groups excluding carboxylic acids is 2. The quantitative estimate of drug-likeness (QED) is 0.874. The first kappa shape index (κ1) is 15.0. The van der Waals surface area contributed by atoms with E-state index in [0.717, 1.165) is 29.5 Å². The third-order valence-electron chi connectivity index (χ3n) is 3.42. The molecule has 1 aromatic rings. The van der Waals surface area contributed by atoms with Crippen LogP contribution in [0.3, 0.4) is 0 Å². The molecule has 0 unspecified atom stereocenters. The van der Waals surface area contributed by atoms with Crippen LogP contribution in [0.15, 0.2) is 28.7 Å². The van der Waals surface area contributed by atoms with Crippen molar-refractivity contribution in [1.29, 1.82) is 0 Å². The molecule has 1 atom stereocenters. The molecule has 1 fully saturated rings. The standard InChI is InChI=1S/C14H18BrN3O2/c15-11-5-1-2-6-12(11)17-13(19)9-18-7-3-4-10(8-18)14(16)20/h1-2,5-6,10H,3-4,7-9H2,(H2,16,20)(H,17,19)/t10-/m0/s1. The van der Waals surface area contributed by atoms with Gasteiger partial charge in [0.15, 0.2) is 0 Å². The third kappa shape index (κ3) is 4.05. The Morgan fingerprint density at radius 2 is 2.15 bits per heavy atom. The highest BCUT2D eigenvalue weighted by atomic mass is 79.9. The van der Waals surface area contributed by atoms with E-state index in [1.54, 1.807) is 0 Å². The van der Waals surface area contributed by atoms with Crippen molar-refractivity contribution in [1.82, 2.24) is 4.90 Å². The van der Waals surface area contributed by atoms with E-state index in [9.17, 15) is 9.59 Å². The number of carbonyl (C=O) groups is 2. The topological polar surface area (TPSA) is 75.4 Å². The van der Waals surface area contributed by atoms with Gasteiger partial charge in [0.1, 0.15) is 0 Å². The molecule has 1 aromatic carbocycles. The lowest BCUT2D eigenvalue weighted by Crippen LogP contribution is -2.44. The summed E-state index contributed by atoms with van der Waals surface area (Å²) in [5.74, 6) is -0.497. The van der Waals surface area contributed by atoms with Crippen molar-refractivity contribution in [3.8, 4) is 0 Å². The lowest BCUT2D eigenvalue weighted by atomic mass is 9.97. The maximum atomic E-state index is 12.0. The highest BCUT2D eigenvalue weighted by Crippen LogP contribution is 2.21. The van der Waals surface area contributed by atoms with Gasteiger partial charge in [-0.3, -0.25) is 14.5 Å². The highest BCUT2D eigenvalue weighted by molar-refractivity contribution is 9.10. The molecule has 6 heteroatoms. The van der Waals surface area contributed by atoms with E-state index in [1.807, 2.05) is 29.2 Å². The molecule has 3 N–H and O–H groups in total. The number of hydrogen-bond donors (Lipinski definition) is 2. The second kappa shape index (κ2) is 6.85. The number of benzene rings is 1. The number of anilines is 1. The zero-order valence-electron chi connectivity index (χ0n) is 11.1. The summed E-state index contributed by atoms with van der Waals surface area (Å²) >= 11 is 3.39. The number of hydrogen-bond acceptors (Lipinski definition) is 3. The minimum atomic E-state index is -0.277. The molecule has 1 aliphatic heterocycles. The van der Waals surface area contributed by atoms with Gasteiger partial charge in [-0.15, -0.1) is 0 Å². The van der Waals surface area contributed by atoms with Crippen LogP contribution in [-0.4, -0.2) is 36.3 Å². The van der Waals surface area contributed by atoms with E-state index in [-0.39, 0.29) is 24.3 Å². The summed E-state index contributed by atoms with van der Waals surface area (Å²) in [5, 5.41) is 2.86. The van der Waals surface area contributed by atoms with Gasteiger partial charge in [0, 0.05) is 11.0 Å². The monoisotopic (exact) mass is 339 g/mol. The molecule has 0 radical (unpaired) electrons. The van der Waals surface area contributed by atoms with E-state index in [0.29, 0.717) is 6.54 Å². The van der Waals surface area contributed by atoms with Crippen molar-refractivity contribution >= 4 is 33.4 Å². The molecule has 1 saturated heterocycles. The number of likely N-dealkylation sites (tertiary alicyclic amines) is 1. The van der Waals surface area contributed by atoms with Crippen molar-refractivity contribution in [3.05, 3.63) is 28.7 Å². The summed E-state index contributed by atoms with van der Waals surface area (Å²) in [6.07, 6.45) is 1.72. The Morgan fingerprint density at radius 1 is 1.40 bits per heavy atom. The number of halogens is 1. The Morgan fingerprint density at radius 3 is 2.85 bits per heavy atom. The highest BCUT2D eigenvalue weighted by Gasteiger charge is 2.25. The van der Waals surface area contributed by atoms with Crippen molar-refractivity contribution in [2.45, 2.75) is 12.8 Å². The SMILES string of the molecule is NC(=O)[C@H]1CCCN(CC(=O)Nc2ccccc2Br)C1. The van der Waals surface area contributed by atoms with E-state index < -0.39 is 0 Å². The normalized spacial score (nSPS) is 19.6. The van der Waals surface area contributed by atoms with Gasteiger partial charge in [-0.25, -0.2) is 0 Å². The number of nitrogens with zero attached hydrogens (tertiary/aromatic N) is 1. The molecule has 1 heterocycles. The van der Waals surface area contributed by atoms with Gasteiger partial charge in [0.2, 0.25) is 11.8 Å². The first-order valence-electron chi connectivity index (χ1n) is 6.62. The van der Waals surface area contributed by atoms with Crippen LogP contribution < -0.4 is 11.1 Å². The van der Waals surface area contributed by atoms with Crippen LogP contribution >= 0.6 is 15.9 Å². The summed E-state index contributed by atoms with van der Waals surface area (Å²) in [6, 6.07) is 7.47. The summed E-state index contributed by atoms with van der Waals surface area (Å²) in [6.45, 7) is 1.68. The van der Waals surface area contributed by atoms with E-state index >= 15 is 0 Å². The molecule has 2 rings (SSSR count). The summed E-state index contributed by atoms with van der Waals surface area (Å²) in [4.78, 5) is 25.2. The van der Waals surface area contributed by atoms with E-state index in [1.165, 1.54) is 0 Å². The summed E-state index contributed by atoms with van der Waals surface area (Å²) in [5.41, 5.74) is 6.08. The van der Waals surface area contributed by atoms with Gasteiger partial charge >= 0.3 is 0 Å². The van der Waals surface area contributed by atoms with Gasteiger partial charge in [0.05, 0.1) is 18.2 Å². The fourth-order valence-corrected chi connectivity index (χ4v) is 2.77. The van der Waals surface area contributed by atoms with Gasteiger partial charge in [-0.05, 0) is 47.4 Å². The molecular weight excluding hydrogens is 322 g/mol. The molecule has 20 heavy (non-hydrogen) atoms. The Balaban J connectivity index is 1.88. The number of rotatable bonds is 4. The Bertz CT molecular complexity index is 507. The molecule has 0 saturated carbocycles. The molecule has 2 amide bonds. The van der Waals surface area contributed by atoms with Crippen molar-refractivity contribution in [2.75, 3.05) is 25.0 Å². The zero-order chi connectivity index (χ0) is 14.5. The third-order valence-corrected chi connectivity index (χ3v) is 4.11. The van der Waals surface area contributed by atoms with Crippen LogP contribution in [0.2, 0.25) is 0 Å². The summed E-state index contributed by atoms with van der Waals surface area (Å²) in [7, 11) is 0. The van der Waals surface area contributed by atoms with Gasteiger partial charge in [0.25, 0.3) is 0 Å². The number of primary amides is 1. The van der Waals surface area contributed by atoms with Crippen LogP contribution in [0.4, 0.5) is 5.69 Å². The number of nitrogens with two attached hydrogens (primary N) is 1. The fraction of sp³-hybridized carbons (Fsp3) is 0.429. The molecule has 1 aliphatic rings. The second-order valence-corrected chi connectivity index (χ2v) is 5.86. The smallest absolute Gasteiger partial charge is 0.238 e. The minimum absolute atomic E-state index is 0.0815. The second-order valence-electron chi connectivity index (χ2n) is 5.00. The average molecular weight is 340 g/mol. The fourth-order valence-electron chi connectivity index (χ4n) is 2.39. The molecule has 0 aromatic heterocycles. The van der Waals surface area contributed by atoms with E-state index in [4.69, 9.17) is 5.73 Å². The minimum Gasteiger partial charge on any atom is -0.369 e. The Labute approximate surface area is 126 Å². The van der Waals surface area contributed by atoms with Crippen LogP contribution in [0.25, 0.3) is 0 Å². The largest absolute Gasteiger partial charge is 0.369 e. The number of para-hydroxylation sites is 1. The molecular formula is C14H18BrN3O2. The first-order valence-corrected chi connectivity index (χ1v) is 7.41. The number of amides is 2. The van der Waals surface area contributed by atoms with Crippen LogP contribution in [0.1, 0.15) is 12.8 Å². The molecule has 108 valence electrons. The molecule has 5 nitrogen and oxygen atoms in total. The van der Waals surface area contributed by atoms with Crippen molar-refractivity contribution in [2.24, 2.45) is 11.7 Å². The number of nitrogens with one attached hydrogen (secondary N) is 1. The lowest BCUT2D eigenvalue weighted by Gasteiger charge is -2.30. The predicted octanol–water partition coefficient (Wildman–Crippen LogP) is 1.58.